The molecule has 1 aromatic carbocycles. The van der Waals surface area contributed by atoms with E-state index in [0.717, 1.165) is 27.8 Å². The lowest BCUT2D eigenvalue weighted by Gasteiger charge is -2.30. The summed E-state index contributed by atoms with van der Waals surface area (Å²) in [6, 6.07) is 5.34. The highest BCUT2D eigenvalue weighted by Gasteiger charge is 2.61. The van der Waals surface area contributed by atoms with Gasteiger partial charge in [-0.15, -0.1) is 0 Å². The minimum absolute atomic E-state index is 0.335. The van der Waals surface area contributed by atoms with E-state index in [1.165, 1.54) is 0 Å². The van der Waals surface area contributed by atoms with Crippen molar-refractivity contribution >= 4 is 35.4 Å². The van der Waals surface area contributed by atoms with Crippen molar-refractivity contribution in [2.45, 2.75) is 24.1 Å². The fraction of sp³-hybridized carbons (Fsp3) is 0.364. The molecular formula is C11H9BBrNO3. The quantitative estimate of drug-likeness (QED) is 0.589. The van der Waals surface area contributed by atoms with E-state index in [9.17, 15) is 15.0 Å². The number of hydrogen-bond acceptors (Lipinski definition) is 3. The van der Waals surface area contributed by atoms with Crippen molar-refractivity contribution in [1.29, 1.82) is 0 Å². The lowest BCUT2D eigenvalue weighted by molar-refractivity contribution is -0.134. The molecule has 1 fully saturated rings. The molecule has 1 aromatic rings. The Kier molecular flexibility index (Phi) is 2.07. The van der Waals surface area contributed by atoms with Crippen molar-refractivity contribution in [2.24, 2.45) is 0 Å². The molecule has 6 heteroatoms. The normalized spacial score (nSPS) is 20.9. The summed E-state index contributed by atoms with van der Waals surface area (Å²) in [5.41, 5.74) is 0.713. The molecule has 17 heavy (non-hydrogen) atoms. The highest BCUT2D eigenvalue weighted by Crippen LogP contribution is 2.58. The number of carbonyl (C=O) groups excluding carboxylic acids is 1. The Labute approximate surface area is 108 Å². The second-order valence-corrected chi connectivity index (χ2v) is 5.49. The minimum Gasteiger partial charge on any atom is -0.357 e. The monoisotopic (exact) mass is 293 g/mol. The van der Waals surface area contributed by atoms with E-state index in [1.54, 1.807) is 6.07 Å². The van der Waals surface area contributed by atoms with Crippen LogP contribution in [0, 0.1) is 0 Å². The Bertz CT molecular complexity index is 522. The van der Waals surface area contributed by atoms with Gasteiger partial charge in [0.15, 0.2) is 13.7 Å². The lowest BCUT2D eigenvalue weighted by atomic mass is 9.98. The number of nitrogens with zero attached hydrogens (tertiary/aromatic N) is 1. The zero-order valence-electron chi connectivity index (χ0n) is 8.85. The average Bonchev–Trinajstić information content (AvgIpc) is 2.92. The zero-order chi connectivity index (χ0) is 12.4. The molecule has 3 rings (SSSR count). The number of anilines is 1. The van der Waals surface area contributed by atoms with Gasteiger partial charge in [0.25, 0.3) is 0 Å². The summed E-state index contributed by atoms with van der Waals surface area (Å²) in [6.45, 7) is 0. The van der Waals surface area contributed by atoms with E-state index in [2.05, 4.69) is 15.9 Å². The molecule has 1 aliphatic heterocycles. The van der Waals surface area contributed by atoms with Crippen molar-refractivity contribution in [3.8, 4) is 0 Å². The molecule has 2 N–H and O–H groups in total. The first kappa shape index (κ1) is 11.3. The van der Waals surface area contributed by atoms with Crippen LogP contribution in [0.2, 0.25) is 0 Å². The van der Waals surface area contributed by atoms with Crippen LogP contribution in [0.15, 0.2) is 22.7 Å². The number of fused-ring (bicyclic) bond motifs is 2. The number of amides is 1. The van der Waals surface area contributed by atoms with Crippen LogP contribution in [-0.2, 0) is 10.2 Å². The van der Waals surface area contributed by atoms with Crippen LogP contribution in [0.1, 0.15) is 18.4 Å². The van der Waals surface area contributed by atoms with E-state index >= 15 is 0 Å². The number of hydrogen-bond donors (Lipinski definition) is 2. The van der Waals surface area contributed by atoms with Gasteiger partial charge in [-0.3, -0.25) is 9.69 Å². The molecule has 0 bridgehead atoms. The summed E-state index contributed by atoms with van der Waals surface area (Å²) in [7, 11) is 5.25. The molecule has 0 unspecified atom stereocenters. The molecule has 1 aliphatic carbocycles. The Morgan fingerprint density at radius 1 is 1.41 bits per heavy atom. The first-order chi connectivity index (χ1) is 7.86. The average molecular weight is 294 g/mol. The number of aliphatic hydroxyl groups is 2. The van der Waals surface area contributed by atoms with Gasteiger partial charge in [-0.2, -0.15) is 0 Å². The third kappa shape index (κ3) is 1.41. The van der Waals surface area contributed by atoms with Gasteiger partial charge in [-0.05, 0) is 30.5 Å². The maximum absolute atomic E-state index is 12.2. The molecule has 86 valence electrons. The van der Waals surface area contributed by atoms with Crippen molar-refractivity contribution < 1.29 is 15.0 Å². The van der Waals surface area contributed by atoms with Crippen molar-refractivity contribution in [2.75, 3.05) is 4.90 Å². The second kappa shape index (κ2) is 3.13. The standard InChI is InChI=1S/C11H9BBrNO3/c12-11(16,17)14-8-5-6(13)1-2-7(8)10(3-4-10)9(14)15/h1-2,5,16-17H,3-4H2. The number of halogens is 1. The van der Waals surface area contributed by atoms with Crippen molar-refractivity contribution in [3.63, 3.8) is 0 Å². The van der Waals surface area contributed by atoms with Crippen LogP contribution in [0.4, 0.5) is 5.69 Å². The topological polar surface area (TPSA) is 60.8 Å². The number of benzene rings is 1. The summed E-state index contributed by atoms with van der Waals surface area (Å²) in [5, 5.41) is 19.0. The molecule has 1 heterocycles. The Hall–Kier alpha value is -0.845. The van der Waals surface area contributed by atoms with Gasteiger partial charge in [0.1, 0.15) is 0 Å². The Morgan fingerprint density at radius 3 is 2.59 bits per heavy atom. The van der Waals surface area contributed by atoms with Crippen LogP contribution >= 0.6 is 15.9 Å². The summed E-state index contributed by atoms with van der Waals surface area (Å²) in [5.74, 6) is -2.99. The zero-order valence-corrected chi connectivity index (χ0v) is 10.4. The second-order valence-electron chi connectivity index (χ2n) is 4.57. The first-order valence-electron chi connectivity index (χ1n) is 5.24. The molecule has 4 nitrogen and oxygen atoms in total. The smallest absolute Gasteiger partial charge is 0.241 e. The molecule has 2 aliphatic rings. The number of rotatable bonds is 1. The highest BCUT2D eigenvalue weighted by molar-refractivity contribution is 9.10. The third-order valence-electron chi connectivity index (χ3n) is 3.41. The largest absolute Gasteiger partial charge is 0.357 e. The summed E-state index contributed by atoms with van der Waals surface area (Å²) >= 11 is 3.29. The minimum atomic E-state index is -2.65. The Balaban J connectivity index is 2.22. The van der Waals surface area contributed by atoms with Crippen LogP contribution in [0.5, 0.6) is 0 Å². The number of carbonyl (C=O) groups is 1. The summed E-state index contributed by atoms with van der Waals surface area (Å²) in [6.07, 6.45) is 1.46. The molecular weight excluding hydrogens is 285 g/mol. The molecule has 0 aromatic heterocycles. The summed E-state index contributed by atoms with van der Waals surface area (Å²) in [4.78, 5) is 13.1. The molecule has 1 saturated carbocycles. The fourth-order valence-electron chi connectivity index (χ4n) is 2.47. The fourth-order valence-corrected chi connectivity index (χ4v) is 2.82. The van der Waals surface area contributed by atoms with E-state index in [0.29, 0.717) is 5.69 Å². The maximum Gasteiger partial charge on any atom is 0.241 e. The molecule has 0 atom stereocenters. The van der Waals surface area contributed by atoms with Gasteiger partial charge in [-0.25, -0.2) is 0 Å². The van der Waals surface area contributed by atoms with Crippen LogP contribution < -0.4 is 4.90 Å². The van der Waals surface area contributed by atoms with E-state index in [4.69, 9.17) is 7.85 Å². The van der Waals surface area contributed by atoms with Crippen molar-refractivity contribution in [1.82, 2.24) is 0 Å². The lowest BCUT2D eigenvalue weighted by Crippen LogP contribution is -2.52. The van der Waals surface area contributed by atoms with Gasteiger partial charge in [0, 0.05) is 4.47 Å². The molecule has 0 saturated heterocycles. The molecule has 2 radical (unpaired) electrons. The Morgan fingerprint density at radius 2 is 2.06 bits per heavy atom. The van der Waals surface area contributed by atoms with Crippen LogP contribution in [0.3, 0.4) is 0 Å². The van der Waals surface area contributed by atoms with Crippen LogP contribution in [0.25, 0.3) is 0 Å². The first-order valence-corrected chi connectivity index (χ1v) is 6.04. The van der Waals surface area contributed by atoms with Gasteiger partial charge in [-0.1, -0.05) is 22.0 Å². The van der Waals surface area contributed by atoms with E-state index in [1.807, 2.05) is 12.1 Å². The maximum atomic E-state index is 12.2. The van der Waals surface area contributed by atoms with Gasteiger partial charge in [0.05, 0.1) is 11.1 Å². The van der Waals surface area contributed by atoms with Crippen molar-refractivity contribution in [3.05, 3.63) is 28.2 Å². The predicted molar refractivity (Wildman–Crippen MR) is 65.5 cm³/mol. The van der Waals surface area contributed by atoms with Gasteiger partial charge >= 0.3 is 0 Å². The predicted octanol–water partition coefficient (Wildman–Crippen LogP) is 0.592. The third-order valence-corrected chi connectivity index (χ3v) is 3.90. The SMILES string of the molecule is [B]C(O)(O)N1C(=O)C2(CC2)c2ccc(Br)cc21. The van der Waals surface area contributed by atoms with E-state index < -0.39 is 11.2 Å². The molecule has 1 spiro atoms. The van der Waals surface area contributed by atoms with E-state index in [-0.39, 0.29) is 5.91 Å². The summed E-state index contributed by atoms with van der Waals surface area (Å²) < 4.78 is 0.760. The molecule has 1 amide bonds. The highest BCUT2D eigenvalue weighted by atomic mass is 79.9. The van der Waals surface area contributed by atoms with Crippen LogP contribution in [-0.4, -0.2) is 29.8 Å². The van der Waals surface area contributed by atoms with Gasteiger partial charge in [0.2, 0.25) is 5.91 Å². The van der Waals surface area contributed by atoms with Gasteiger partial charge < -0.3 is 10.2 Å².